The SMILES string of the molecule is CNCC1CCCN1Cc1ccncc1.Cl. The first kappa shape index (κ1) is 13.4. The third-order valence-corrected chi connectivity index (χ3v) is 3.07. The van der Waals surface area contributed by atoms with Gasteiger partial charge in [0.05, 0.1) is 0 Å². The molecule has 4 heteroatoms. The first-order valence-electron chi connectivity index (χ1n) is 5.67. The molecular weight excluding hydrogens is 222 g/mol. The van der Waals surface area contributed by atoms with Gasteiger partial charge in [0.2, 0.25) is 0 Å². The van der Waals surface area contributed by atoms with E-state index in [0.717, 1.165) is 13.1 Å². The van der Waals surface area contributed by atoms with Crippen molar-refractivity contribution in [1.29, 1.82) is 0 Å². The van der Waals surface area contributed by atoms with Crippen molar-refractivity contribution in [3.8, 4) is 0 Å². The molecule has 0 radical (unpaired) electrons. The molecule has 1 unspecified atom stereocenters. The Labute approximate surface area is 104 Å². The maximum atomic E-state index is 4.04. The van der Waals surface area contributed by atoms with Crippen LogP contribution in [0.25, 0.3) is 0 Å². The van der Waals surface area contributed by atoms with E-state index in [2.05, 4.69) is 27.3 Å². The minimum Gasteiger partial charge on any atom is -0.318 e. The summed E-state index contributed by atoms with van der Waals surface area (Å²) in [5.41, 5.74) is 1.37. The van der Waals surface area contributed by atoms with E-state index in [9.17, 15) is 0 Å². The molecule has 0 aromatic carbocycles. The smallest absolute Gasteiger partial charge is 0.0271 e. The van der Waals surface area contributed by atoms with Crippen LogP contribution in [-0.4, -0.2) is 36.1 Å². The molecule has 0 amide bonds. The fraction of sp³-hybridized carbons (Fsp3) is 0.583. The van der Waals surface area contributed by atoms with Gasteiger partial charge in [0.25, 0.3) is 0 Å². The predicted molar refractivity (Wildman–Crippen MR) is 68.8 cm³/mol. The van der Waals surface area contributed by atoms with E-state index in [-0.39, 0.29) is 12.4 Å². The Balaban J connectivity index is 0.00000128. The number of nitrogens with zero attached hydrogens (tertiary/aromatic N) is 2. The van der Waals surface area contributed by atoms with E-state index in [1.165, 1.54) is 24.9 Å². The minimum absolute atomic E-state index is 0. The molecule has 90 valence electrons. The molecule has 0 aliphatic carbocycles. The quantitative estimate of drug-likeness (QED) is 0.870. The van der Waals surface area contributed by atoms with E-state index < -0.39 is 0 Å². The van der Waals surface area contributed by atoms with Gasteiger partial charge < -0.3 is 5.32 Å². The molecule has 1 aromatic rings. The zero-order chi connectivity index (χ0) is 10.5. The third-order valence-electron chi connectivity index (χ3n) is 3.07. The summed E-state index contributed by atoms with van der Waals surface area (Å²) in [6, 6.07) is 4.92. The van der Waals surface area contributed by atoms with Crippen molar-refractivity contribution in [3.05, 3.63) is 30.1 Å². The second kappa shape index (κ2) is 6.84. The van der Waals surface area contributed by atoms with Gasteiger partial charge in [-0.15, -0.1) is 12.4 Å². The van der Waals surface area contributed by atoms with Gasteiger partial charge in [0.1, 0.15) is 0 Å². The molecule has 0 bridgehead atoms. The van der Waals surface area contributed by atoms with Gasteiger partial charge in [-0.1, -0.05) is 0 Å². The lowest BCUT2D eigenvalue weighted by Crippen LogP contribution is -2.36. The average Bonchev–Trinajstić information content (AvgIpc) is 2.68. The molecule has 1 saturated heterocycles. The van der Waals surface area contributed by atoms with E-state index in [1.807, 2.05) is 19.4 Å². The number of nitrogens with one attached hydrogen (secondary N) is 1. The summed E-state index contributed by atoms with van der Waals surface area (Å²) in [6.07, 6.45) is 6.40. The van der Waals surface area contributed by atoms with Crippen LogP contribution in [-0.2, 0) is 6.54 Å². The van der Waals surface area contributed by atoms with Crippen LogP contribution >= 0.6 is 12.4 Å². The third kappa shape index (κ3) is 3.44. The van der Waals surface area contributed by atoms with Crippen LogP contribution in [0.15, 0.2) is 24.5 Å². The maximum absolute atomic E-state index is 4.04. The molecule has 3 nitrogen and oxygen atoms in total. The molecule has 1 fully saturated rings. The van der Waals surface area contributed by atoms with Crippen molar-refractivity contribution in [1.82, 2.24) is 15.2 Å². The number of rotatable bonds is 4. The van der Waals surface area contributed by atoms with Crippen LogP contribution in [0, 0.1) is 0 Å². The summed E-state index contributed by atoms with van der Waals surface area (Å²) in [5.74, 6) is 0. The highest BCUT2D eigenvalue weighted by atomic mass is 35.5. The highest BCUT2D eigenvalue weighted by Crippen LogP contribution is 2.18. The van der Waals surface area contributed by atoms with Crippen molar-refractivity contribution in [2.45, 2.75) is 25.4 Å². The van der Waals surface area contributed by atoms with E-state index >= 15 is 0 Å². The molecule has 1 aliphatic heterocycles. The molecule has 2 heterocycles. The summed E-state index contributed by atoms with van der Waals surface area (Å²) in [5, 5.41) is 3.27. The second-order valence-corrected chi connectivity index (χ2v) is 4.18. The monoisotopic (exact) mass is 241 g/mol. The fourth-order valence-corrected chi connectivity index (χ4v) is 2.29. The van der Waals surface area contributed by atoms with Crippen LogP contribution in [0.2, 0.25) is 0 Å². The van der Waals surface area contributed by atoms with Crippen molar-refractivity contribution in [2.24, 2.45) is 0 Å². The molecular formula is C12H20ClN3. The van der Waals surface area contributed by atoms with E-state index in [0.29, 0.717) is 6.04 Å². The first-order chi connectivity index (χ1) is 7.40. The maximum Gasteiger partial charge on any atom is 0.0271 e. The van der Waals surface area contributed by atoms with Gasteiger partial charge in [-0.05, 0) is 44.1 Å². The summed E-state index contributed by atoms with van der Waals surface area (Å²) >= 11 is 0. The summed E-state index contributed by atoms with van der Waals surface area (Å²) in [7, 11) is 2.03. The van der Waals surface area contributed by atoms with Gasteiger partial charge in [-0.3, -0.25) is 9.88 Å². The van der Waals surface area contributed by atoms with Crippen LogP contribution in [0.1, 0.15) is 18.4 Å². The Morgan fingerprint density at radius 2 is 2.19 bits per heavy atom. The van der Waals surface area contributed by atoms with Crippen LogP contribution < -0.4 is 5.32 Å². The number of halogens is 1. The number of likely N-dealkylation sites (N-methyl/N-ethyl adjacent to an activating group) is 1. The highest BCUT2D eigenvalue weighted by molar-refractivity contribution is 5.85. The normalized spacial score (nSPS) is 20.7. The Morgan fingerprint density at radius 3 is 2.88 bits per heavy atom. The molecule has 2 rings (SSSR count). The summed E-state index contributed by atoms with van der Waals surface area (Å²) in [4.78, 5) is 6.61. The molecule has 1 N–H and O–H groups in total. The lowest BCUT2D eigenvalue weighted by molar-refractivity contribution is 0.242. The topological polar surface area (TPSA) is 28.2 Å². The molecule has 1 aliphatic rings. The standard InChI is InChI=1S/C12H19N3.ClH/c1-13-9-12-3-2-8-15(12)10-11-4-6-14-7-5-11;/h4-7,12-13H,2-3,8-10H2,1H3;1H. The van der Waals surface area contributed by atoms with Crippen molar-refractivity contribution in [3.63, 3.8) is 0 Å². The first-order valence-corrected chi connectivity index (χ1v) is 5.67. The average molecular weight is 242 g/mol. The number of pyridine rings is 1. The number of likely N-dealkylation sites (tertiary alicyclic amines) is 1. The Morgan fingerprint density at radius 1 is 1.44 bits per heavy atom. The number of hydrogen-bond acceptors (Lipinski definition) is 3. The summed E-state index contributed by atoms with van der Waals surface area (Å²) in [6.45, 7) is 3.40. The van der Waals surface area contributed by atoms with Crippen LogP contribution in [0.4, 0.5) is 0 Å². The van der Waals surface area contributed by atoms with Gasteiger partial charge in [-0.25, -0.2) is 0 Å². The number of aromatic nitrogens is 1. The van der Waals surface area contributed by atoms with Crippen LogP contribution in [0.5, 0.6) is 0 Å². The largest absolute Gasteiger partial charge is 0.318 e. The minimum atomic E-state index is 0. The lowest BCUT2D eigenvalue weighted by atomic mass is 10.2. The second-order valence-electron chi connectivity index (χ2n) is 4.18. The Kier molecular flexibility index (Phi) is 5.74. The fourth-order valence-electron chi connectivity index (χ4n) is 2.29. The van der Waals surface area contributed by atoms with Gasteiger partial charge in [0.15, 0.2) is 0 Å². The van der Waals surface area contributed by atoms with Crippen molar-refractivity contribution in [2.75, 3.05) is 20.1 Å². The Bertz CT molecular complexity index is 292. The van der Waals surface area contributed by atoms with Crippen molar-refractivity contribution < 1.29 is 0 Å². The zero-order valence-corrected chi connectivity index (χ0v) is 10.5. The van der Waals surface area contributed by atoms with Gasteiger partial charge in [-0.2, -0.15) is 0 Å². The zero-order valence-electron chi connectivity index (χ0n) is 9.72. The molecule has 1 atom stereocenters. The predicted octanol–water partition coefficient (Wildman–Crippen LogP) is 1.69. The van der Waals surface area contributed by atoms with Crippen molar-refractivity contribution >= 4 is 12.4 Å². The molecule has 0 saturated carbocycles. The number of hydrogen-bond donors (Lipinski definition) is 1. The van der Waals surface area contributed by atoms with E-state index in [4.69, 9.17) is 0 Å². The molecule has 1 aromatic heterocycles. The lowest BCUT2D eigenvalue weighted by Gasteiger charge is -2.24. The van der Waals surface area contributed by atoms with Gasteiger partial charge in [0, 0.05) is 31.5 Å². The molecule has 16 heavy (non-hydrogen) atoms. The van der Waals surface area contributed by atoms with Crippen LogP contribution in [0.3, 0.4) is 0 Å². The Hall–Kier alpha value is -0.640. The van der Waals surface area contributed by atoms with Gasteiger partial charge >= 0.3 is 0 Å². The molecule has 0 spiro atoms. The highest BCUT2D eigenvalue weighted by Gasteiger charge is 2.23. The van der Waals surface area contributed by atoms with E-state index in [1.54, 1.807) is 0 Å². The summed E-state index contributed by atoms with van der Waals surface area (Å²) < 4.78 is 0.